The number of Topliss-reactive ketones (excluding diaryl/α,β-unsaturated/α-hetero) is 1. The van der Waals surface area contributed by atoms with Crippen LogP contribution in [0.15, 0.2) is 16.5 Å². The van der Waals surface area contributed by atoms with Crippen LogP contribution in [0.25, 0.3) is 11.1 Å². The van der Waals surface area contributed by atoms with E-state index in [9.17, 15) is 9.59 Å². The van der Waals surface area contributed by atoms with Gasteiger partial charge in [0.1, 0.15) is 5.52 Å². The summed E-state index contributed by atoms with van der Waals surface area (Å²) < 4.78 is 5.72. The fourth-order valence-corrected chi connectivity index (χ4v) is 2.33. The fourth-order valence-electron chi connectivity index (χ4n) is 2.33. The minimum atomic E-state index is -0.584. The van der Waals surface area contributed by atoms with Gasteiger partial charge in [-0.25, -0.2) is 4.98 Å². The minimum absolute atomic E-state index is 0.277. The summed E-state index contributed by atoms with van der Waals surface area (Å²) >= 11 is 0. The number of aldehydes is 1. The molecular formula is C16H19N3O3. The predicted molar refractivity (Wildman–Crippen MR) is 83.4 cm³/mol. The summed E-state index contributed by atoms with van der Waals surface area (Å²) in [7, 11) is 3.98. The third kappa shape index (κ3) is 3.01. The van der Waals surface area contributed by atoms with Crippen molar-refractivity contribution >= 4 is 28.9 Å². The SMILES string of the molecule is CN(C)CCNc1cc(C(=O)C=O)c2oc(C3CC3)nc2c1. The number of anilines is 1. The van der Waals surface area contributed by atoms with Crippen LogP contribution in [0.3, 0.4) is 0 Å². The molecule has 6 nitrogen and oxygen atoms in total. The third-order valence-corrected chi connectivity index (χ3v) is 3.69. The number of carbonyl (C=O) groups is 2. The molecular weight excluding hydrogens is 282 g/mol. The molecule has 1 saturated carbocycles. The zero-order chi connectivity index (χ0) is 15.7. The van der Waals surface area contributed by atoms with Crippen molar-refractivity contribution in [2.75, 3.05) is 32.5 Å². The Morgan fingerprint density at radius 1 is 1.45 bits per heavy atom. The lowest BCUT2D eigenvalue weighted by molar-refractivity contribution is -0.104. The zero-order valence-electron chi connectivity index (χ0n) is 12.8. The lowest BCUT2D eigenvalue weighted by atomic mass is 10.1. The molecule has 6 heteroatoms. The van der Waals surface area contributed by atoms with Gasteiger partial charge in [0.2, 0.25) is 5.78 Å². The van der Waals surface area contributed by atoms with Crippen molar-refractivity contribution in [1.29, 1.82) is 0 Å². The predicted octanol–water partition coefficient (Wildman–Crippen LogP) is 2.06. The number of hydrogen-bond acceptors (Lipinski definition) is 6. The molecule has 1 fully saturated rings. The number of benzene rings is 1. The van der Waals surface area contributed by atoms with Gasteiger partial charge in [-0.2, -0.15) is 0 Å². The summed E-state index contributed by atoms with van der Waals surface area (Å²) in [5.74, 6) is 0.442. The van der Waals surface area contributed by atoms with Crippen molar-refractivity contribution < 1.29 is 14.0 Å². The molecule has 0 bridgehead atoms. The smallest absolute Gasteiger partial charge is 0.229 e. The first-order valence-corrected chi connectivity index (χ1v) is 7.41. The van der Waals surface area contributed by atoms with Crippen LogP contribution in [0.5, 0.6) is 0 Å². The van der Waals surface area contributed by atoms with Crippen LogP contribution in [0.4, 0.5) is 5.69 Å². The fraction of sp³-hybridized carbons (Fsp3) is 0.438. The van der Waals surface area contributed by atoms with Crippen molar-refractivity contribution in [2.45, 2.75) is 18.8 Å². The number of fused-ring (bicyclic) bond motifs is 1. The largest absolute Gasteiger partial charge is 0.440 e. The number of rotatable bonds is 7. The molecule has 1 aromatic heterocycles. The Bertz CT molecular complexity index is 717. The molecule has 1 aliphatic rings. The molecule has 0 saturated heterocycles. The second kappa shape index (κ2) is 5.88. The Morgan fingerprint density at radius 3 is 2.86 bits per heavy atom. The van der Waals surface area contributed by atoms with Crippen LogP contribution in [0.2, 0.25) is 0 Å². The molecule has 1 aliphatic carbocycles. The molecule has 0 radical (unpaired) electrons. The first-order valence-electron chi connectivity index (χ1n) is 7.41. The highest BCUT2D eigenvalue weighted by atomic mass is 16.3. The van der Waals surface area contributed by atoms with Gasteiger partial charge >= 0.3 is 0 Å². The summed E-state index contributed by atoms with van der Waals surface area (Å²) in [5, 5.41) is 3.25. The molecule has 2 aromatic rings. The summed E-state index contributed by atoms with van der Waals surface area (Å²) in [6.07, 6.45) is 2.45. The van der Waals surface area contributed by atoms with Gasteiger partial charge in [-0.3, -0.25) is 9.59 Å². The van der Waals surface area contributed by atoms with E-state index in [-0.39, 0.29) is 5.56 Å². The summed E-state index contributed by atoms with van der Waals surface area (Å²) in [6, 6.07) is 3.53. The van der Waals surface area contributed by atoms with E-state index < -0.39 is 5.78 Å². The van der Waals surface area contributed by atoms with Crippen LogP contribution >= 0.6 is 0 Å². The molecule has 0 atom stereocenters. The van der Waals surface area contributed by atoms with Gasteiger partial charge in [0.15, 0.2) is 17.8 Å². The van der Waals surface area contributed by atoms with Crippen molar-refractivity contribution in [1.82, 2.24) is 9.88 Å². The van der Waals surface area contributed by atoms with Gasteiger partial charge in [0, 0.05) is 24.7 Å². The number of nitrogens with one attached hydrogen (secondary N) is 1. The molecule has 0 amide bonds. The average Bonchev–Trinajstić information content (AvgIpc) is 3.25. The Kier molecular flexibility index (Phi) is 3.94. The monoisotopic (exact) mass is 301 g/mol. The maximum atomic E-state index is 11.9. The highest BCUT2D eigenvalue weighted by Crippen LogP contribution is 2.41. The first-order chi connectivity index (χ1) is 10.6. The van der Waals surface area contributed by atoms with Crippen LogP contribution in [-0.4, -0.2) is 49.1 Å². The van der Waals surface area contributed by atoms with Crippen LogP contribution in [-0.2, 0) is 4.79 Å². The van der Waals surface area contributed by atoms with Crippen molar-refractivity contribution in [3.8, 4) is 0 Å². The maximum Gasteiger partial charge on any atom is 0.229 e. The van der Waals surface area contributed by atoms with E-state index in [0.29, 0.717) is 29.2 Å². The molecule has 0 aliphatic heterocycles. The Hall–Kier alpha value is -2.21. The van der Waals surface area contributed by atoms with E-state index in [2.05, 4.69) is 15.2 Å². The number of likely N-dealkylation sites (N-methyl/N-ethyl adjacent to an activating group) is 1. The molecule has 0 unspecified atom stereocenters. The third-order valence-electron chi connectivity index (χ3n) is 3.69. The summed E-state index contributed by atoms with van der Waals surface area (Å²) in [5.41, 5.74) is 2.09. The van der Waals surface area contributed by atoms with Gasteiger partial charge in [0.25, 0.3) is 0 Å². The van der Waals surface area contributed by atoms with Crippen molar-refractivity contribution in [3.05, 3.63) is 23.6 Å². The normalized spacial score (nSPS) is 14.5. The average molecular weight is 301 g/mol. The topological polar surface area (TPSA) is 75.4 Å². The Morgan fingerprint density at radius 2 is 2.23 bits per heavy atom. The molecule has 22 heavy (non-hydrogen) atoms. The number of oxazole rings is 1. The number of ketones is 1. The first kappa shape index (κ1) is 14.7. The highest BCUT2D eigenvalue weighted by molar-refractivity contribution is 6.36. The van der Waals surface area contributed by atoms with E-state index >= 15 is 0 Å². The Labute approximate surface area is 128 Å². The highest BCUT2D eigenvalue weighted by Gasteiger charge is 2.30. The molecule has 0 spiro atoms. The zero-order valence-corrected chi connectivity index (χ0v) is 12.8. The van der Waals surface area contributed by atoms with Crippen molar-refractivity contribution in [3.63, 3.8) is 0 Å². The Balaban J connectivity index is 1.95. The number of aromatic nitrogens is 1. The number of hydrogen-bond donors (Lipinski definition) is 1. The maximum absolute atomic E-state index is 11.9. The lowest BCUT2D eigenvalue weighted by Gasteiger charge is -2.11. The molecule has 116 valence electrons. The van der Waals surface area contributed by atoms with Gasteiger partial charge in [-0.05, 0) is 39.1 Å². The van der Waals surface area contributed by atoms with Crippen LogP contribution in [0, 0.1) is 0 Å². The molecule has 1 aromatic carbocycles. The standard InChI is InChI=1S/C16H19N3O3/c1-19(2)6-5-17-11-7-12(14(21)9-20)15-13(8-11)18-16(22-15)10-3-4-10/h7-10,17H,3-6H2,1-2H3. The van der Waals surface area contributed by atoms with Crippen molar-refractivity contribution in [2.24, 2.45) is 0 Å². The van der Waals surface area contributed by atoms with Crippen LogP contribution < -0.4 is 5.32 Å². The molecule has 1 heterocycles. The van der Waals surface area contributed by atoms with E-state index in [1.54, 1.807) is 6.07 Å². The number of nitrogens with zero attached hydrogens (tertiary/aromatic N) is 2. The lowest BCUT2D eigenvalue weighted by Crippen LogP contribution is -2.20. The second-order valence-corrected chi connectivity index (χ2v) is 5.91. The van der Waals surface area contributed by atoms with E-state index in [0.717, 1.165) is 31.6 Å². The quantitative estimate of drug-likeness (QED) is 0.479. The van der Waals surface area contributed by atoms with E-state index in [1.165, 1.54) is 0 Å². The van der Waals surface area contributed by atoms with Crippen LogP contribution in [0.1, 0.15) is 35.0 Å². The van der Waals surface area contributed by atoms with Gasteiger partial charge in [-0.15, -0.1) is 0 Å². The summed E-state index contributed by atoms with van der Waals surface area (Å²) in [6.45, 7) is 1.60. The molecule has 3 rings (SSSR count). The van der Waals surface area contributed by atoms with Gasteiger partial charge in [-0.1, -0.05) is 0 Å². The molecule has 1 N–H and O–H groups in total. The minimum Gasteiger partial charge on any atom is -0.440 e. The summed E-state index contributed by atoms with van der Waals surface area (Å²) in [4.78, 5) is 29.3. The van der Waals surface area contributed by atoms with Gasteiger partial charge in [0.05, 0.1) is 5.56 Å². The van der Waals surface area contributed by atoms with E-state index in [4.69, 9.17) is 4.42 Å². The second-order valence-electron chi connectivity index (χ2n) is 5.91. The van der Waals surface area contributed by atoms with E-state index in [1.807, 2.05) is 20.2 Å². The van der Waals surface area contributed by atoms with Gasteiger partial charge < -0.3 is 14.6 Å². The number of carbonyl (C=O) groups excluding carboxylic acids is 2.